The van der Waals surface area contributed by atoms with E-state index >= 15 is 0 Å². The summed E-state index contributed by atoms with van der Waals surface area (Å²) in [6, 6.07) is 5.48. The average molecular weight is 310 g/mol. The van der Waals surface area contributed by atoms with Crippen molar-refractivity contribution in [1.29, 1.82) is 0 Å². The summed E-state index contributed by atoms with van der Waals surface area (Å²) in [6.07, 6.45) is 0. The Balaban J connectivity index is 2.37. The van der Waals surface area contributed by atoms with Gasteiger partial charge >= 0.3 is 5.97 Å². The number of hydrogen-bond acceptors (Lipinski definition) is 3. The molecule has 0 bridgehead atoms. The highest BCUT2D eigenvalue weighted by molar-refractivity contribution is 9.10. The zero-order valence-corrected chi connectivity index (χ0v) is 10.9. The number of hydrogen-bond donors (Lipinski definition) is 2. The van der Waals surface area contributed by atoms with E-state index in [4.69, 9.17) is 9.84 Å². The molecule has 0 atom stereocenters. The fourth-order valence-corrected chi connectivity index (χ4v) is 2.52. The minimum atomic E-state index is -1.07. The van der Waals surface area contributed by atoms with E-state index in [-0.39, 0.29) is 5.69 Å². The van der Waals surface area contributed by atoms with Gasteiger partial charge < -0.3 is 14.8 Å². The first-order chi connectivity index (χ1) is 8.61. The Morgan fingerprint density at radius 2 is 2.33 bits per heavy atom. The molecule has 0 aliphatic rings. The number of carboxylic acid groups (broad SMARTS) is 1. The number of imidazole rings is 2. The number of rotatable bonds is 2. The van der Waals surface area contributed by atoms with E-state index in [9.17, 15) is 4.79 Å². The maximum atomic E-state index is 11.0. The normalized spacial score (nSPS) is 11.2. The third-order valence-electron chi connectivity index (χ3n) is 2.71. The Bertz CT molecular complexity index is 775. The van der Waals surface area contributed by atoms with Gasteiger partial charge in [0.05, 0.1) is 18.1 Å². The van der Waals surface area contributed by atoms with Crippen molar-refractivity contribution in [3.05, 3.63) is 28.5 Å². The monoisotopic (exact) mass is 309 g/mol. The molecule has 18 heavy (non-hydrogen) atoms. The van der Waals surface area contributed by atoms with E-state index in [1.165, 1.54) is 0 Å². The van der Waals surface area contributed by atoms with Crippen LogP contribution in [0.15, 0.2) is 22.8 Å². The molecule has 0 aliphatic carbocycles. The van der Waals surface area contributed by atoms with Crippen LogP contribution in [0.3, 0.4) is 0 Å². The van der Waals surface area contributed by atoms with E-state index in [1.54, 1.807) is 11.5 Å². The van der Waals surface area contributed by atoms with Crippen LogP contribution in [0.2, 0.25) is 0 Å². The van der Waals surface area contributed by atoms with E-state index in [2.05, 4.69) is 25.9 Å². The van der Waals surface area contributed by atoms with Gasteiger partial charge in [0.15, 0.2) is 5.69 Å². The summed E-state index contributed by atoms with van der Waals surface area (Å²) in [5, 5.41) is 9.00. The van der Waals surface area contributed by atoms with E-state index in [0.717, 1.165) is 16.8 Å². The first-order valence-electron chi connectivity index (χ1n) is 5.09. The molecular weight excluding hydrogens is 302 g/mol. The first kappa shape index (κ1) is 11.1. The highest BCUT2D eigenvalue weighted by atomic mass is 79.9. The van der Waals surface area contributed by atoms with Crippen LogP contribution in [-0.4, -0.2) is 32.6 Å². The highest BCUT2D eigenvalue weighted by Gasteiger charge is 2.19. The zero-order valence-electron chi connectivity index (χ0n) is 9.27. The summed E-state index contributed by atoms with van der Waals surface area (Å²) in [4.78, 5) is 18.1. The third-order valence-corrected chi connectivity index (χ3v) is 3.45. The second kappa shape index (κ2) is 3.74. The lowest BCUT2D eigenvalue weighted by molar-refractivity contribution is 0.0690. The average Bonchev–Trinajstić information content (AvgIpc) is 2.85. The predicted molar refractivity (Wildman–Crippen MR) is 68.3 cm³/mol. The number of carboxylic acids is 1. The van der Waals surface area contributed by atoms with Crippen molar-refractivity contribution in [3.8, 4) is 5.75 Å². The second-order valence-electron chi connectivity index (χ2n) is 3.72. The molecule has 92 valence electrons. The van der Waals surface area contributed by atoms with Gasteiger partial charge in [-0.1, -0.05) is 0 Å². The highest BCUT2D eigenvalue weighted by Crippen LogP contribution is 2.27. The molecule has 0 radical (unpaired) electrons. The van der Waals surface area contributed by atoms with Gasteiger partial charge in [-0.3, -0.25) is 4.40 Å². The number of benzene rings is 1. The standard InChI is InChI=1S/C11H8BrN3O3/c1-18-5-2-3-7-6(4-5)13-11-14-8(10(16)17)9(12)15(7)11/h2-4H,1H3,(H,13,14)(H,16,17). The van der Waals surface area contributed by atoms with Gasteiger partial charge in [-0.2, -0.15) is 0 Å². The fraction of sp³-hybridized carbons (Fsp3) is 0.0909. The lowest BCUT2D eigenvalue weighted by Gasteiger charge is -1.99. The van der Waals surface area contributed by atoms with Gasteiger partial charge in [-0.25, -0.2) is 9.78 Å². The van der Waals surface area contributed by atoms with E-state index in [1.807, 2.05) is 18.2 Å². The summed E-state index contributed by atoms with van der Waals surface area (Å²) in [6.45, 7) is 0. The maximum Gasteiger partial charge on any atom is 0.357 e. The Hall–Kier alpha value is -2.02. The van der Waals surface area contributed by atoms with Crippen LogP contribution < -0.4 is 4.74 Å². The summed E-state index contributed by atoms with van der Waals surface area (Å²) in [5.74, 6) is 0.129. The molecule has 2 aromatic heterocycles. The van der Waals surface area contributed by atoms with Crippen LogP contribution in [0.5, 0.6) is 5.75 Å². The van der Waals surface area contributed by atoms with Crippen molar-refractivity contribution in [2.24, 2.45) is 0 Å². The van der Waals surface area contributed by atoms with Gasteiger partial charge in [0.2, 0.25) is 5.78 Å². The SMILES string of the molecule is COc1ccc2c(c1)[nH]c1nc(C(=O)O)c(Br)n12. The number of methoxy groups -OCH3 is 1. The van der Waals surface area contributed by atoms with Crippen LogP contribution in [0.25, 0.3) is 16.8 Å². The van der Waals surface area contributed by atoms with Gasteiger partial charge in [-0.05, 0) is 28.1 Å². The number of aromatic carboxylic acids is 1. The van der Waals surface area contributed by atoms with Crippen molar-refractivity contribution < 1.29 is 14.6 Å². The third kappa shape index (κ3) is 1.40. The summed E-state index contributed by atoms with van der Waals surface area (Å²) in [7, 11) is 1.59. The zero-order chi connectivity index (χ0) is 12.9. The number of nitrogens with zero attached hydrogens (tertiary/aromatic N) is 2. The molecule has 1 aromatic carbocycles. The number of H-pyrrole nitrogens is 1. The molecule has 0 unspecified atom stereocenters. The number of ether oxygens (including phenoxy) is 1. The minimum absolute atomic E-state index is 0.0148. The van der Waals surface area contributed by atoms with E-state index in [0.29, 0.717) is 10.4 Å². The molecule has 0 saturated carbocycles. The number of nitrogens with one attached hydrogen (secondary N) is 1. The van der Waals surface area contributed by atoms with Crippen LogP contribution in [0.1, 0.15) is 10.5 Å². The molecule has 0 amide bonds. The molecule has 3 aromatic rings. The van der Waals surface area contributed by atoms with Crippen molar-refractivity contribution in [3.63, 3.8) is 0 Å². The number of aromatic nitrogens is 3. The molecule has 2 N–H and O–H groups in total. The van der Waals surface area contributed by atoms with Crippen LogP contribution in [0, 0.1) is 0 Å². The van der Waals surface area contributed by atoms with Crippen molar-refractivity contribution in [2.75, 3.05) is 7.11 Å². The van der Waals surface area contributed by atoms with Crippen LogP contribution in [-0.2, 0) is 0 Å². The molecule has 0 aliphatic heterocycles. The first-order valence-corrected chi connectivity index (χ1v) is 5.88. The molecule has 0 spiro atoms. The predicted octanol–water partition coefficient (Wildman–Crippen LogP) is 2.28. The number of halogens is 1. The van der Waals surface area contributed by atoms with Crippen LogP contribution >= 0.6 is 15.9 Å². The number of fused-ring (bicyclic) bond motifs is 3. The lowest BCUT2D eigenvalue weighted by Crippen LogP contribution is -1.97. The smallest absolute Gasteiger partial charge is 0.357 e. The molecule has 3 rings (SSSR count). The topological polar surface area (TPSA) is 79.6 Å². The van der Waals surface area contributed by atoms with Gasteiger partial charge in [0, 0.05) is 6.07 Å². The molecule has 2 heterocycles. The summed E-state index contributed by atoms with van der Waals surface area (Å²) in [5.41, 5.74) is 1.64. The Labute approximate surface area is 109 Å². The Morgan fingerprint density at radius 1 is 1.56 bits per heavy atom. The van der Waals surface area contributed by atoms with Crippen molar-refractivity contribution in [1.82, 2.24) is 14.4 Å². The Kier molecular flexibility index (Phi) is 2.30. The van der Waals surface area contributed by atoms with Gasteiger partial charge in [0.1, 0.15) is 10.4 Å². The maximum absolute atomic E-state index is 11.0. The van der Waals surface area contributed by atoms with Crippen molar-refractivity contribution in [2.45, 2.75) is 0 Å². The fourth-order valence-electron chi connectivity index (χ4n) is 1.90. The molecule has 7 heteroatoms. The largest absolute Gasteiger partial charge is 0.497 e. The quantitative estimate of drug-likeness (QED) is 0.761. The van der Waals surface area contributed by atoms with Gasteiger partial charge in [0.25, 0.3) is 0 Å². The second-order valence-corrected chi connectivity index (χ2v) is 4.47. The van der Waals surface area contributed by atoms with Gasteiger partial charge in [-0.15, -0.1) is 0 Å². The molecular formula is C11H8BrN3O3. The lowest BCUT2D eigenvalue weighted by atomic mass is 10.3. The minimum Gasteiger partial charge on any atom is -0.497 e. The summed E-state index contributed by atoms with van der Waals surface area (Å²) < 4.78 is 7.26. The Morgan fingerprint density at radius 3 is 3.00 bits per heavy atom. The number of aromatic amines is 1. The van der Waals surface area contributed by atoms with E-state index < -0.39 is 5.97 Å². The molecule has 6 nitrogen and oxygen atoms in total. The van der Waals surface area contributed by atoms with Crippen LogP contribution in [0.4, 0.5) is 0 Å². The number of carbonyl (C=O) groups is 1. The summed E-state index contributed by atoms with van der Waals surface area (Å²) >= 11 is 3.26. The van der Waals surface area contributed by atoms with Crippen molar-refractivity contribution >= 4 is 38.7 Å². The molecule has 0 saturated heterocycles. The molecule has 0 fully saturated rings.